The van der Waals surface area contributed by atoms with Crippen LogP contribution >= 0.6 is 0 Å². The summed E-state index contributed by atoms with van der Waals surface area (Å²) in [5.41, 5.74) is 3.89. The van der Waals surface area contributed by atoms with Crippen LogP contribution < -0.4 is 10.1 Å². The Balaban J connectivity index is 1.62. The van der Waals surface area contributed by atoms with Crippen molar-refractivity contribution in [3.63, 3.8) is 0 Å². The summed E-state index contributed by atoms with van der Waals surface area (Å²) in [6.07, 6.45) is 1.90. The van der Waals surface area contributed by atoms with Crippen LogP contribution in [0.5, 0.6) is 5.75 Å². The first-order valence-electron chi connectivity index (χ1n) is 9.28. The zero-order valence-corrected chi connectivity index (χ0v) is 16.1. The van der Waals surface area contributed by atoms with E-state index in [1.165, 1.54) is 0 Å². The summed E-state index contributed by atoms with van der Waals surface area (Å²) in [5, 5.41) is 2.76. The molecule has 1 saturated heterocycles. The lowest BCUT2D eigenvalue weighted by Crippen LogP contribution is -2.39. The fourth-order valence-electron chi connectivity index (χ4n) is 3.48. The minimum Gasteiger partial charge on any atom is -0.497 e. The summed E-state index contributed by atoms with van der Waals surface area (Å²) in [4.78, 5) is 26.9. The predicted octanol–water partition coefficient (Wildman–Crippen LogP) is 3.41. The highest BCUT2D eigenvalue weighted by molar-refractivity contribution is 5.96. The molecule has 27 heavy (non-hydrogen) atoms. The molecule has 142 valence electrons. The van der Waals surface area contributed by atoms with Crippen LogP contribution in [0.25, 0.3) is 0 Å². The molecule has 0 bridgehead atoms. The van der Waals surface area contributed by atoms with Gasteiger partial charge >= 0.3 is 0 Å². The van der Waals surface area contributed by atoms with Gasteiger partial charge < -0.3 is 15.0 Å². The molecule has 1 N–H and O–H groups in total. The Morgan fingerprint density at radius 2 is 1.85 bits per heavy atom. The zero-order chi connectivity index (χ0) is 19.4. The van der Waals surface area contributed by atoms with Crippen molar-refractivity contribution in [3.8, 4) is 5.75 Å². The van der Waals surface area contributed by atoms with Gasteiger partial charge in [-0.2, -0.15) is 0 Å². The number of nitrogens with one attached hydrogen (secondary N) is 1. The van der Waals surface area contributed by atoms with Gasteiger partial charge in [-0.3, -0.25) is 9.59 Å². The van der Waals surface area contributed by atoms with Crippen LogP contribution in [-0.4, -0.2) is 36.9 Å². The number of benzene rings is 2. The second-order valence-electron chi connectivity index (χ2n) is 7.00. The monoisotopic (exact) mass is 366 g/mol. The molecule has 0 aliphatic carbocycles. The van der Waals surface area contributed by atoms with Crippen LogP contribution in [0.2, 0.25) is 0 Å². The van der Waals surface area contributed by atoms with Gasteiger partial charge in [0, 0.05) is 12.1 Å². The lowest BCUT2D eigenvalue weighted by molar-refractivity contribution is -0.131. The van der Waals surface area contributed by atoms with Gasteiger partial charge in [-0.25, -0.2) is 0 Å². The van der Waals surface area contributed by atoms with Gasteiger partial charge in [0.05, 0.1) is 19.7 Å². The second kappa shape index (κ2) is 8.25. The third-order valence-electron chi connectivity index (χ3n) is 5.24. The van der Waals surface area contributed by atoms with E-state index in [0.29, 0.717) is 5.56 Å². The Morgan fingerprint density at radius 3 is 2.52 bits per heavy atom. The Bertz CT molecular complexity index is 830. The SMILES string of the molecule is COc1ccc([C@@H]2CCCN2C(=O)CNC(=O)c2ccc(C)c(C)c2)cc1. The molecule has 1 fully saturated rings. The molecule has 2 amide bonds. The lowest BCUT2D eigenvalue weighted by Gasteiger charge is -2.25. The molecule has 1 aliphatic rings. The molecule has 5 nitrogen and oxygen atoms in total. The second-order valence-corrected chi connectivity index (χ2v) is 7.00. The Kier molecular flexibility index (Phi) is 5.79. The highest BCUT2D eigenvalue weighted by Crippen LogP contribution is 2.32. The van der Waals surface area contributed by atoms with E-state index in [-0.39, 0.29) is 24.4 Å². The van der Waals surface area contributed by atoms with Crippen molar-refractivity contribution in [2.45, 2.75) is 32.7 Å². The van der Waals surface area contributed by atoms with Gasteiger partial charge in [-0.05, 0) is 67.6 Å². The van der Waals surface area contributed by atoms with E-state index in [2.05, 4.69) is 5.32 Å². The number of nitrogens with zero attached hydrogens (tertiary/aromatic N) is 1. The number of rotatable bonds is 5. The molecular weight excluding hydrogens is 340 g/mol. The molecule has 0 saturated carbocycles. The number of ether oxygens (including phenoxy) is 1. The summed E-state index contributed by atoms with van der Waals surface area (Å²) in [6.45, 7) is 4.71. The molecule has 2 aromatic rings. The van der Waals surface area contributed by atoms with E-state index in [9.17, 15) is 9.59 Å². The number of likely N-dealkylation sites (tertiary alicyclic amines) is 1. The van der Waals surface area contributed by atoms with Crippen LogP contribution in [0, 0.1) is 13.8 Å². The third-order valence-corrected chi connectivity index (χ3v) is 5.24. The molecule has 0 radical (unpaired) electrons. The van der Waals surface area contributed by atoms with Crippen molar-refractivity contribution in [1.29, 1.82) is 0 Å². The Labute approximate surface area is 160 Å². The van der Waals surface area contributed by atoms with Crippen molar-refractivity contribution in [2.24, 2.45) is 0 Å². The molecule has 0 spiro atoms. The number of hydrogen-bond donors (Lipinski definition) is 1. The van der Waals surface area contributed by atoms with Crippen molar-refractivity contribution in [2.75, 3.05) is 20.2 Å². The zero-order valence-electron chi connectivity index (χ0n) is 16.1. The normalized spacial score (nSPS) is 16.3. The lowest BCUT2D eigenvalue weighted by atomic mass is 10.0. The maximum absolute atomic E-state index is 12.7. The fraction of sp³-hybridized carbons (Fsp3) is 0.364. The molecule has 2 aromatic carbocycles. The van der Waals surface area contributed by atoms with Gasteiger partial charge in [0.15, 0.2) is 0 Å². The van der Waals surface area contributed by atoms with Gasteiger partial charge in [0.1, 0.15) is 5.75 Å². The minimum atomic E-state index is -0.216. The van der Waals surface area contributed by atoms with Gasteiger partial charge in [0.2, 0.25) is 5.91 Å². The van der Waals surface area contributed by atoms with E-state index in [1.54, 1.807) is 13.2 Å². The van der Waals surface area contributed by atoms with Gasteiger partial charge in [0.25, 0.3) is 5.91 Å². The average Bonchev–Trinajstić information content (AvgIpc) is 3.18. The molecule has 0 aromatic heterocycles. The minimum absolute atomic E-state index is 0.0123. The Hall–Kier alpha value is -2.82. The van der Waals surface area contributed by atoms with Crippen LogP contribution in [0.15, 0.2) is 42.5 Å². The maximum atomic E-state index is 12.7. The predicted molar refractivity (Wildman–Crippen MR) is 105 cm³/mol. The van der Waals surface area contributed by atoms with Crippen LogP contribution in [0.4, 0.5) is 0 Å². The number of carbonyl (C=O) groups excluding carboxylic acids is 2. The molecule has 5 heteroatoms. The number of carbonyl (C=O) groups is 2. The average molecular weight is 366 g/mol. The summed E-state index contributed by atoms with van der Waals surface area (Å²) in [6, 6.07) is 13.5. The fourth-order valence-corrected chi connectivity index (χ4v) is 3.48. The van der Waals surface area contributed by atoms with Crippen molar-refractivity contribution < 1.29 is 14.3 Å². The summed E-state index contributed by atoms with van der Waals surface area (Å²) < 4.78 is 5.20. The number of amides is 2. The Morgan fingerprint density at radius 1 is 1.11 bits per heavy atom. The summed E-state index contributed by atoms with van der Waals surface area (Å²) in [7, 11) is 1.64. The molecule has 0 unspecified atom stereocenters. The van der Waals surface area contributed by atoms with Crippen molar-refractivity contribution >= 4 is 11.8 Å². The first kappa shape index (κ1) is 19.0. The van der Waals surface area contributed by atoms with E-state index >= 15 is 0 Å². The van der Waals surface area contributed by atoms with Gasteiger partial charge in [-0.1, -0.05) is 18.2 Å². The highest BCUT2D eigenvalue weighted by Gasteiger charge is 2.29. The van der Waals surface area contributed by atoms with Gasteiger partial charge in [-0.15, -0.1) is 0 Å². The number of aryl methyl sites for hydroxylation is 2. The van der Waals surface area contributed by atoms with E-state index in [4.69, 9.17) is 4.74 Å². The molecule has 1 heterocycles. The molecule has 1 aliphatic heterocycles. The molecular formula is C22H26N2O3. The largest absolute Gasteiger partial charge is 0.497 e. The van der Waals surface area contributed by atoms with Crippen LogP contribution in [0.3, 0.4) is 0 Å². The standard InChI is InChI=1S/C22H26N2O3/c1-15-6-7-18(13-16(15)2)22(26)23-14-21(25)24-12-4-5-20(24)17-8-10-19(27-3)11-9-17/h6-11,13,20H,4-5,12,14H2,1-3H3,(H,23,26)/t20-/m0/s1. The third kappa shape index (κ3) is 4.30. The van der Waals surface area contributed by atoms with E-state index < -0.39 is 0 Å². The van der Waals surface area contributed by atoms with Crippen molar-refractivity contribution in [1.82, 2.24) is 10.2 Å². The number of hydrogen-bond acceptors (Lipinski definition) is 3. The maximum Gasteiger partial charge on any atom is 0.251 e. The smallest absolute Gasteiger partial charge is 0.251 e. The molecule has 3 rings (SSSR count). The number of methoxy groups -OCH3 is 1. The first-order valence-corrected chi connectivity index (χ1v) is 9.28. The summed E-state index contributed by atoms with van der Waals surface area (Å²) in [5.74, 6) is 0.535. The molecule has 1 atom stereocenters. The van der Waals surface area contributed by atoms with E-state index in [1.807, 2.05) is 55.1 Å². The van der Waals surface area contributed by atoms with Crippen LogP contribution in [-0.2, 0) is 4.79 Å². The summed E-state index contributed by atoms with van der Waals surface area (Å²) >= 11 is 0. The van der Waals surface area contributed by atoms with E-state index in [0.717, 1.165) is 41.8 Å². The topological polar surface area (TPSA) is 58.6 Å². The van der Waals surface area contributed by atoms with Crippen molar-refractivity contribution in [3.05, 3.63) is 64.7 Å². The van der Waals surface area contributed by atoms with Crippen LogP contribution in [0.1, 0.15) is 45.9 Å². The quantitative estimate of drug-likeness (QED) is 0.882. The first-order chi connectivity index (χ1) is 13.0. The highest BCUT2D eigenvalue weighted by atomic mass is 16.5.